The summed E-state index contributed by atoms with van der Waals surface area (Å²) in [5.74, 6) is -0.819. The third-order valence-electron chi connectivity index (χ3n) is 2.70. The van der Waals surface area contributed by atoms with Crippen molar-refractivity contribution >= 4 is 34.4 Å². The molecule has 0 radical (unpaired) electrons. The second kappa shape index (κ2) is 4.62. The van der Waals surface area contributed by atoms with Gasteiger partial charge in [0.05, 0.1) is 12.0 Å². The fourth-order valence-corrected chi connectivity index (χ4v) is 2.09. The number of nitrogens with zero attached hydrogens (tertiary/aromatic N) is 2. The minimum absolute atomic E-state index is 0.0903. The van der Waals surface area contributed by atoms with Crippen LogP contribution in [0.1, 0.15) is 1.37 Å². The van der Waals surface area contributed by atoms with Gasteiger partial charge in [0.15, 0.2) is 5.69 Å². The van der Waals surface area contributed by atoms with E-state index in [2.05, 4.69) is 5.48 Å². The van der Waals surface area contributed by atoms with Crippen molar-refractivity contribution in [2.45, 2.75) is 0 Å². The standard InChI is InChI=1S/C12H7ClFN3O3/c13-7-4-8(14)6-9(5-7)16-10-2-1-3-11(17(18)19)12(10)15-20-16/h1-6,15H/i4D. The van der Waals surface area contributed by atoms with E-state index in [1.165, 1.54) is 18.2 Å². The highest BCUT2D eigenvalue weighted by Crippen LogP contribution is 2.43. The first kappa shape index (κ1) is 11.4. The Hall–Kier alpha value is -2.38. The van der Waals surface area contributed by atoms with E-state index in [9.17, 15) is 14.5 Å². The molecule has 1 aliphatic heterocycles. The Morgan fingerprint density at radius 2 is 2.30 bits per heavy atom. The third kappa shape index (κ3) is 2.02. The smallest absolute Gasteiger partial charge is 0.258 e. The van der Waals surface area contributed by atoms with Crippen molar-refractivity contribution in [3.05, 3.63) is 57.3 Å². The number of halogens is 2. The van der Waals surface area contributed by atoms with Crippen molar-refractivity contribution in [3.63, 3.8) is 0 Å². The number of hydrogen-bond acceptors (Lipinski definition) is 5. The summed E-state index contributed by atoms with van der Waals surface area (Å²) in [6.45, 7) is 0. The molecule has 0 aromatic heterocycles. The average Bonchev–Trinajstić information content (AvgIpc) is 2.87. The molecule has 1 heterocycles. The van der Waals surface area contributed by atoms with E-state index < -0.39 is 16.8 Å². The normalized spacial score (nSPS) is 13.7. The van der Waals surface area contributed by atoms with Crippen LogP contribution in [0.5, 0.6) is 0 Å². The minimum atomic E-state index is -0.819. The van der Waals surface area contributed by atoms with Crippen LogP contribution < -0.4 is 10.5 Å². The number of nitro groups is 1. The maximum atomic E-state index is 13.6. The second-order valence-electron chi connectivity index (χ2n) is 3.95. The number of nitrogens with one attached hydrogen (secondary N) is 1. The lowest BCUT2D eigenvalue weighted by molar-refractivity contribution is -0.384. The van der Waals surface area contributed by atoms with Crippen LogP contribution in [-0.2, 0) is 4.94 Å². The Morgan fingerprint density at radius 1 is 1.50 bits per heavy atom. The number of anilines is 3. The molecular weight excluding hydrogens is 289 g/mol. The molecule has 0 spiro atoms. The summed E-state index contributed by atoms with van der Waals surface area (Å²) >= 11 is 5.77. The quantitative estimate of drug-likeness (QED) is 0.674. The van der Waals surface area contributed by atoms with Crippen LogP contribution in [0.4, 0.5) is 27.1 Å². The lowest BCUT2D eigenvalue weighted by Crippen LogP contribution is -2.13. The maximum Gasteiger partial charge on any atom is 0.296 e. The van der Waals surface area contributed by atoms with E-state index in [-0.39, 0.29) is 22.1 Å². The van der Waals surface area contributed by atoms with Gasteiger partial charge in [0, 0.05) is 17.2 Å². The van der Waals surface area contributed by atoms with Gasteiger partial charge in [-0.05, 0) is 18.2 Å². The summed E-state index contributed by atoms with van der Waals surface area (Å²) in [5.41, 5.74) is 2.97. The predicted octanol–water partition coefficient (Wildman–Crippen LogP) is 3.80. The summed E-state index contributed by atoms with van der Waals surface area (Å²) < 4.78 is 21.0. The molecule has 0 amide bonds. The van der Waals surface area contributed by atoms with E-state index in [0.29, 0.717) is 5.69 Å². The lowest BCUT2D eigenvalue weighted by atomic mass is 10.2. The maximum absolute atomic E-state index is 13.6. The Morgan fingerprint density at radius 3 is 3.00 bits per heavy atom. The lowest BCUT2D eigenvalue weighted by Gasteiger charge is -2.15. The highest BCUT2D eigenvalue weighted by Gasteiger charge is 2.29. The van der Waals surface area contributed by atoms with E-state index in [4.69, 9.17) is 17.9 Å². The number of rotatable bonds is 2. The summed E-state index contributed by atoms with van der Waals surface area (Å²) in [7, 11) is 0. The van der Waals surface area contributed by atoms with Gasteiger partial charge < -0.3 is 0 Å². The van der Waals surface area contributed by atoms with Crippen molar-refractivity contribution in [2.24, 2.45) is 0 Å². The molecule has 0 saturated carbocycles. The van der Waals surface area contributed by atoms with Crippen LogP contribution in [0.2, 0.25) is 5.02 Å². The van der Waals surface area contributed by atoms with Crippen LogP contribution >= 0.6 is 11.6 Å². The number of benzene rings is 2. The van der Waals surface area contributed by atoms with Gasteiger partial charge in [-0.1, -0.05) is 17.7 Å². The molecule has 0 saturated heterocycles. The van der Waals surface area contributed by atoms with Crippen molar-refractivity contribution in [3.8, 4) is 0 Å². The van der Waals surface area contributed by atoms with E-state index in [0.717, 1.165) is 11.1 Å². The van der Waals surface area contributed by atoms with Crippen molar-refractivity contribution in [1.29, 1.82) is 0 Å². The molecule has 0 aliphatic carbocycles. The van der Waals surface area contributed by atoms with Crippen molar-refractivity contribution in [2.75, 3.05) is 10.5 Å². The van der Waals surface area contributed by atoms with Gasteiger partial charge in [-0.15, -0.1) is 0 Å². The van der Waals surface area contributed by atoms with Crippen molar-refractivity contribution in [1.82, 2.24) is 0 Å². The fraction of sp³-hybridized carbons (Fsp3) is 0. The SMILES string of the molecule is [2H]c1c(F)cc(N2ONc3c2cccc3[N+](=O)[O-])cc1Cl. The molecule has 2 aromatic carbocycles. The predicted molar refractivity (Wildman–Crippen MR) is 71.4 cm³/mol. The number of hydrogen-bond donors (Lipinski definition) is 1. The van der Waals surface area contributed by atoms with Gasteiger partial charge >= 0.3 is 0 Å². The highest BCUT2D eigenvalue weighted by molar-refractivity contribution is 6.30. The second-order valence-corrected chi connectivity index (χ2v) is 4.36. The van der Waals surface area contributed by atoms with E-state index >= 15 is 0 Å². The number of nitro benzene ring substituents is 1. The monoisotopic (exact) mass is 296 g/mol. The first-order valence-electron chi connectivity index (χ1n) is 5.95. The van der Waals surface area contributed by atoms with Crippen LogP contribution in [0.3, 0.4) is 0 Å². The van der Waals surface area contributed by atoms with E-state index in [1.54, 1.807) is 6.07 Å². The summed E-state index contributed by atoms with van der Waals surface area (Å²) in [5, 5.41) is 12.0. The van der Waals surface area contributed by atoms with Gasteiger partial charge in [0.1, 0.15) is 11.5 Å². The Kier molecular flexibility index (Phi) is 2.65. The van der Waals surface area contributed by atoms with Crippen molar-refractivity contribution < 1.29 is 15.6 Å². The number of para-hydroxylation sites is 1. The summed E-state index contributed by atoms with van der Waals surface area (Å²) in [6, 6.07) is 6.35. The van der Waals surface area contributed by atoms with Crippen LogP contribution in [-0.4, -0.2) is 4.92 Å². The Bertz CT molecular complexity index is 736. The van der Waals surface area contributed by atoms with Gasteiger partial charge in [-0.3, -0.25) is 10.1 Å². The van der Waals surface area contributed by atoms with E-state index in [1.807, 2.05) is 0 Å². The zero-order valence-corrected chi connectivity index (χ0v) is 10.5. The van der Waals surface area contributed by atoms with Crippen LogP contribution in [0.25, 0.3) is 0 Å². The highest BCUT2D eigenvalue weighted by atomic mass is 35.5. The minimum Gasteiger partial charge on any atom is -0.258 e. The first-order valence-corrected chi connectivity index (χ1v) is 5.83. The summed E-state index contributed by atoms with van der Waals surface area (Å²) in [6.07, 6.45) is 0. The zero-order valence-electron chi connectivity index (χ0n) is 10.8. The van der Waals surface area contributed by atoms with Crippen LogP contribution in [0.15, 0.2) is 36.4 Å². The summed E-state index contributed by atoms with van der Waals surface area (Å²) in [4.78, 5) is 15.5. The molecule has 1 N–H and O–H groups in total. The molecule has 0 bridgehead atoms. The average molecular weight is 297 g/mol. The molecule has 0 unspecified atom stereocenters. The van der Waals surface area contributed by atoms with Gasteiger partial charge in [-0.25, -0.2) is 9.87 Å². The topological polar surface area (TPSA) is 67.6 Å². The molecular formula is C12H7ClFN3O3. The molecule has 6 nitrogen and oxygen atoms in total. The van der Waals surface area contributed by atoms with Gasteiger partial charge in [0.25, 0.3) is 5.69 Å². The first-order chi connectivity index (χ1) is 9.99. The molecule has 8 heteroatoms. The Balaban J connectivity index is 2.10. The molecule has 2 aromatic rings. The fourth-order valence-electron chi connectivity index (χ4n) is 1.89. The molecule has 20 heavy (non-hydrogen) atoms. The molecule has 0 atom stereocenters. The number of fused-ring (bicyclic) bond motifs is 1. The molecule has 0 fully saturated rings. The third-order valence-corrected chi connectivity index (χ3v) is 2.90. The van der Waals surface area contributed by atoms with Gasteiger partial charge in [-0.2, -0.15) is 10.0 Å². The van der Waals surface area contributed by atoms with Gasteiger partial charge in [0.2, 0.25) is 0 Å². The molecule has 1 aliphatic rings. The zero-order chi connectivity index (χ0) is 15.1. The molecule has 102 valence electrons. The van der Waals surface area contributed by atoms with Crippen LogP contribution in [0, 0.1) is 15.9 Å². The molecule has 3 rings (SSSR count). The largest absolute Gasteiger partial charge is 0.296 e. The Labute approximate surface area is 118 Å².